The van der Waals surface area contributed by atoms with Crippen LogP contribution in [0.2, 0.25) is 0 Å². The standard InChI is InChI=1S/C15H19N5/c1-10-16-14-17-12(11-8-6-5-7-9-11)13(20(14)19-10)18-15(2,3)4/h5-9,18H,1-4H3,(H,16,17,19). The number of aromatic amines is 1. The normalized spacial score (nSPS) is 12.0. The molecule has 0 saturated heterocycles. The lowest BCUT2D eigenvalue weighted by atomic mass is 10.1. The van der Waals surface area contributed by atoms with Crippen molar-refractivity contribution in [3.05, 3.63) is 36.2 Å². The van der Waals surface area contributed by atoms with E-state index in [9.17, 15) is 0 Å². The van der Waals surface area contributed by atoms with Crippen LogP contribution in [0.25, 0.3) is 17.0 Å². The number of fused-ring (bicyclic) bond motifs is 1. The quantitative estimate of drug-likeness (QED) is 0.751. The number of hydrogen-bond acceptors (Lipinski definition) is 3. The van der Waals surface area contributed by atoms with Gasteiger partial charge in [0, 0.05) is 11.1 Å². The lowest BCUT2D eigenvalue weighted by Gasteiger charge is -2.22. The highest BCUT2D eigenvalue weighted by Gasteiger charge is 2.20. The molecule has 0 saturated carbocycles. The second-order valence-electron chi connectivity index (χ2n) is 5.99. The summed E-state index contributed by atoms with van der Waals surface area (Å²) in [6.07, 6.45) is 0. The van der Waals surface area contributed by atoms with Gasteiger partial charge in [-0.3, -0.25) is 5.10 Å². The van der Waals surface area contributed by atoms with E-state index < -0.39 is 0 Å². The van der Waals surface area contributed by atoms with Crippen molar-refractivity contribution in [2.75, 3.05) is 5.32 Å². The number of benzene rings is 1. The average Bonchev–Trinajstić information content (AvgIpc) is 2.87. The number of nitrogens with one attached hydrogen (secondary N) is 2. The first-order chi connectivity index (χ1) is 9.44. The molecule has 20 heavy (non-hydrogen) atoms. The van der Waals surface area contributed by atoms with Crippen molar-refractivity contribution in [2.24, 2.45) is 0 Å². The van der Waals surface area contributed by atoms with E-state index in [1.807, 2.05) is 29.6 Å². The third-order valence-electron chi connectivity index (χ3n) is 2.94. The zero-order valence-corrected chi connectivity index (χ0v) is 12.2. The van der Waals surface area contributed by atoms with Gasteiger partial charge in [0.1, 0.15) is 11.5 Å². The third-order valence-corrected chi connectivity index (χ3v) is 2.94. The van der Waals surface area contributed by atoms with Crippen LogP contribution < -0.4 is 5.32 Å². The lowest BCUT2D eigenvalue weighted by Crippen LogP contribution is -2.27. The van der Waals surface area contributed by atoms with Crippen LogP contribution in [0.5, 0.6) is 0 Å². The van der Waals surface area contributed by atoms with Gasteiger partial charge in [-0.25, -0.2) is 9.50 Å². The molecule has 2 aromatic heterocycles. The van der Waals surface area contributed by atoms with Gasteiger partial charge >= 0.3 is 0 Å². The van der Waals surface area contributed by atoms with Crippen molar-refractivity contribution >= 4 is 11.6 Å². The Labute approximate surface area is 118 Å². The van der Waals surface area contributed by atoms with Crippen LogP contribution in [0.4, 0.5) is 5.82 Å². The summed E-state index contributed by atoms with van der Waals surface area (Å²) in [5, 5.41) is 6.73. The molecular weight excluding hydrogens is 250 g/mol. The zero-order chi connectivity index (χ0) is 14.3. The second-order valence-corrected chi connectivity index (χ2v) is 5.99. The molecule has 0 atom stereocenters. The summed E-state index contributed by atoms with van der Waals surface area (Å²) in [5.74, 6) is 2.48. The molecule has 0 spiro atoms. The zero-order valence-electron chi connectivity index (χ0n) is 12.2. The van der Waals surface area contributed by atoms with E-state index in [2.05, 4.69) is 53.3 Å². The van der Waals surface area contributed by atoms with Crippen LogP contribution in [0.1, 0.15) is 26.6 Å². The molecular formula is C15H19N5. The van der Waals surface area contributed by atoms with Gasteiger partial charge in [0.2, 0.25) is 0 Å². The number of H-pyrrole nitrogens is 1. The Balaban J connectivity index is 2.21. The first-order valence-corrected chi connectivity index (χ1v) is 6.73. The first-order valence-electron chi connectivity index (χ1n) is 6.73. The summed E-state index contributed by atoms with van der Waals surface area (Å²) in [4.78, 5) is 9.05. The molecule has 0 aliphatic heterocycles. The average molecular weight is 269 g/mol. The van der Waals surface area contributed by atoms with Crippen molar-refractivity contribution in [1.29, 1.82) is 0 Å². The van der Waals surface area contributed by atoms with E-state index in [-0.39, 0.29) is 5.54 Å². The second kappa shape index (κ2) is 4.37. The molecule has 104 valence electrons. The third kappa shape index (κ3) is 2.27. The summed E-state index contributed by atoms with van der Waals surface area (Å²) in [6.45, 7) is 8.32. The Morgan fingerprint density at radius 1 is 1.10 bits per heavy atom. The van der Waals surface area contributed by atoms with Crippen molar-refractivity contribution in [3.8, 4) is 11.3 Å². The van der Waals surface area contributed by atoms with Gasteiger partial charge in [-0.05, 0) is 27.7 Å². The minimum Gasteiger partial charge on any atom is -0.364 e. The Morgan fingerprint density at radius 2 is 1.80 bits per heavy atom. The van der Waals surface area contributed by atoms with E-state index >= 15 is 0 Å². The molecule has 2 heterocycles. The predicted molar refractivity (Wildman–Crippen MR) is 80.9 cm³/mol. The number of rotatable bonds is 2. The number of aryl methyl sites for hydroxylation is 1. The largest absolute Gasteiger partial charge is 0.364 e. The van der Waals surface area contributed by atoms with Crippen molar-refractivity contribution in [3.63, 3.8) is 0 Å². The smallest absolute Gasteiger partial charge is 0.253 e. The fourth-order valence-electron chi connectivity index (χ4n) is 2.19. The van der Waals surface area contributed by atoms with Gasteiger partial charge in [0.15, 0.2) is 5.82 Å². The molecule has 5 heteroatoms. The SMILES string of the molecule is Cc1nc2nc(-c3ccccc3)c(NC(C)(C)C)n2[nH]1. The molecule has 0 radical (unpaired) electrons. The molecule has 5 nitrogen and oxygen atoms in total. The maximum absolute atomic E-state index is 4.65. The summed E-state index contributed by atoms with van der Waals surface area (Å²) in [6, 6.07) is 10.2. The highest BCUT2D eigenvalue weighted by Crippen LogP contribution is 2.29. The minimum absolute atomic E-state index is 0.0570. The maximum Gasteiger partial charge on any atom is 0.253 e. The molecule has 0 aliphatic carbocycles. The van der Waals surface area contributed by atoms with Gasteiger partial charge < -0.3 is 5.32 Å². The van der Waals surface area contributed by atoms with Crippen molar-refractivity contribution < 1.29 is 0 Å². The van der Waals surface area contributed by atoms with Crippen LogP contribution in [-0.4, -0.2) is 25.1 Å². The topological polar surface area (TPSA) is 58.0 Å². The van der Waals surface area contributed by atoms with Gasteiger partial charge in [-0.2, -0.15) is 4.98 Å². The van der Waals surface area contributed by atoms with Crippen molar-refractivity contribution in [2.45, 2.75) is 33.2 Å². The Hall–Kier alpha value is -2.30. The Morgan fingerprint density at radius 3 is 2.45 bits per heavy atom. The predicted octanol–water partition coefficient (Wildman–Crippen LogP) is 3.24. The van der Waals surface area contributed by atoms with Gasteiger partial charge in [0.25, 0.3) is 5.78 Å². The molecule has 0 aliphatic rings. The van der Waals surface area contributed by atoms with Gasteiger partial charge in [-0.1, -0.05) is 30.3 Å². The summed E-state index contributed by atoms with van der Waals surface area (Å²) < 4.78 is 1.91. The molecule has 0 fully saturated rings. The monoisotopic (exact) mass is 269 g/mol. The summed E-state index contributed by atoms with van der Waals surface area (Å²) in [7, 11) is 0. The highest BCUT2D eigenvalue weighted by molar-refractivity contribution is 5.75. The number of aromatic nitrogens is 4. The van der Waals surface area contributed by atoms with Crippen LogP contribution in [0.3, 0.4) is 0 Å². The maximum atomic E-state index is 4.65. The van der Waals surface area contributed by atoms with Crippen LogP contribution in [0, 0.1) is 6.92 Å². The van der Waals surface area contributed by atoms with Crippen LogP contribution in [0.15, 0.2) is 30.3 Å². The minimum atomic E-state index is -0.0570. The van der Waals surface area contributed by atoms with Crippen LogP contribution in [-0.2, 0) is 0 Å². The molecule has 0 bridgehead atoms. The Kier molecular flexibility index (Phi) is 2.78. The molecule has 0 unspecified atom stereocenters. The van der Waals surface area contributed by atoms with Crippen molar-refractivity contribution in [1.82, 2.24) is 19.6 Å². The lowest BCUT2D eigenvalue weighted by molar-refractivity contribution is 0.627. The molecule has 0 amide bonds. The first kappa shape index (κ1) is 12.7. The van der Waals surface area contributed by atoms with E-state index in [4.69, 9.17) is 0 Å². The summed E-state index contributed by atoms with van der Waals surface area (Å²) >= 11 is 0. The van der Waals surface area contributed by atoms with Crippen LogP contribution >= 0.6 is 0 Å². The van der Waals surface area contributed by atoms with Gasteiger partial charge in [-0.15, -0.1) is 0 Å². The highest BCUT2D eigenvalue weighted by atomic mass is 15.4. The fourth-order valence-corrected chi connectivity index (χ4v) is 2.19. The molecule has 1 aromatic carbocycles. The van der Waals surface area contributed by atoms with E-state index in [0.29, 0.717) is 5.78 Å². The number of imidazole rings is 1. The number of anilines is 1. The number of hydrogen-bond donors (Lipinski definition) is 2. The fraction of sp³-hybridized carbons (Fsp3) is 0.333. The number of nitrogens with zero attached hydrogens (tertiary/aromatic N) is 3. The molecule has 3 aromatic rings. The Bertz CT molecular complexity index is 731. The van der Waals surface area contributed by atoms with E-state index in [1.165, 1.54) is 0 Å². The summed E-state index contributed by atoms with van der Waals surface area (Å²) in [5.41, 5.74) is 1.94. The van der Waals surface area contributed by atoms with E-state index in [0.717, 1.165) is 22.9 Å². The van der Waals surface area contributed by atoms with Gasteiger partial charge in [0.05, 0.1) is 0 Å². The molecule has 2 N–H and O–H groups in total. The molecule has 3 rings (SSSR count). The van der Waals surface area contributed by atoms with E-state index in [1.54, 1.807) is 0 Å².